The lowest BCUT2D eigenvalue weighted by atomic mass is 10.3. The minimum absolute atomic E-state index is 0.504. The molecular formula is C10H12N2O2. The summed E-state index contributed by atoms with van der Waals surface area (Å²) in [5, 5.41) is 0. The van der Waals surface area contributed by atoms with Gasteiger partial charge in [-0.05, 0) is 12.1 Å². The van der Waals surface area contributed by atoms with Crippen molar-refractivity contribution in [2.45, 2.75) is 6.73 Å². The van der Waals surface area contributed by atoms with Crippen LogP contribution in [0.25, 0.3) is 11.0 Å². The zero-order valence-electron chi connectivity index (χ0n) is 8.23. The lowest BCUT2D eigenvalue weighted by molar-refractivity contribution is 0.134. The van der Waals surface area contributed by atoms with Crippen LogP contribution in [0.1, 0.15) is 0 Å². The average molecular weight is 192 g/mol. The average Bonchev–Trinajstić information content (AvgIpc) is 2.61. The van der Waals surface area contributed by atoms with E-state index in [2.05, 4.69) is 4.98 Å². The van der Waals surface area contributed by atoms with Crippen LogP contribution in [-0.2, 0) is 11.5 Å². The van der Waals surface area contributed by atoms with E-state index in [9.17, 15) is 0 Å². The van der Waals surface area contributed by atoms with Crippen molar-refractivity contribution in [2.75, 3.05) is 14.2 Å². The van der Waals surface area contributed by atoms with Crippen LogP contribution in [0.3, 0.4) is 0 Å². The monoisotopic (exact) mass is 192 g/mol. The van der Waals surface area contributed by atoms with Gasteiger partial charge in [-0.15, -0.1) is 0 Å². The number of rotatable bonds is 3. The minimum Gasteiger partial charge on any atom is -0.497 e. The standard InChI is InChI=1S/C10H12N2O2/c1-13-7-12-6-11-9-4-3-8(14-2)5-10(9)12/h3-6H,7H2,1-2H3. The van der Waals surface area contributed by atoms with Crippen molar-refractivity contribution in [1.82, 2.24) is 9.55 Å². The molecule has 0 unspecified atom stereocenters. The van der Waals surface area contributed by atoms with Crippen LogP contribution in [0.4, 0.5) is 0 Å². The normalized spacial score (nSPS) is 10.7. The number of hydrogen-bond donors (Lipinski definition) is 0. The second-order valence-electron chi connectivity index (χ2n) is 2.99. The summed E-state index contributed by atoms with van der Waals surface area (Å²) in [6, 6.07) is 5.77. The van der Waals surface area contributed by atoms with E-state index in [1.807, 2.05) is 22.8 Å². The SMILES string of the molecule is COCn1cnc2ccc(OC)cc21. The molecule has 2 rings (SSSR count). The Morgan fingerprint density at radius 1 is 1.36 bits per heavy atom. The van der Waals surface area contributed by atoms with Gasteiger partial charge in [0.1, 0.15) is 12.5 Å². The van der Waals surface area contributed by atoms with Gasteiger partial charge in [0.25, 0.3) is 0 Å². The largest absolute Gasteiger partial charge is 0.497 e. The molecule has 0 aliphatic heterocycles. The predicted molar refractivity (Wildman–Crippen MR) is 53.3 cm³/mol. The van der Waals surface area contributed by atoms with Crippen LogP contribution in [0.2, 0.25) is 0 Å². The third kappa shape index (κ3) is 1.44. The number of imidazole rings is 1. The van der Waals surface area contributed by atoms with Crippen molar-refractivity contribution in [3.8, 4) is 5.75 Å². The Hall–Kier alpha value is -1.55. The zero-order valence-corrected chi connectivity index (χ0v) is 8.23. The zero-order chi connectivity index (χ0) is 9.97. The molecule has 0 radical (unpaired) electrons. The molecule has 1 aromatic heterocycles. The van der Waals surface area contributed by atoms with E-state index in [0.29, 0.717) is 6.73 Å². The number of aromatic nitrogens is 2. The quantitative estimate of drug-likeness (QED) is 0.741. The summed E-state index contributed by atoms with van der Waals surface area (Å²) in [6.07, 6.45) is 1.76. The van der Waals surface area contributed by atoms with Gasteiger partial charge < -0.3 is 14.0 Å². The van der Waals surface area contributed by atoms with Crippen LogP contribution in [0, 0.1) is 0 Å². The molecule has 0 spiro atoms. The molecule has 0 saturated heterocycles. The van der Waals surface area contributed by atoms with Crippen LogP contribution in [0.15, 0.2) is 24.5 Å². The molecule has 0 bridgehead atoms. The maximum atomic E-state index is 5.14. The summed E-state index contributed by atoms with van der Waals surface area (Å²) < 4.78 is 12.1. The Kier molecular flexibility index (Phi) is 2.37. The third-order valence-corrected chi connectivity index (χ3v) is 2.10. The number of fused-ring (bicyclic) bond motifs is 1. The van der Waals surface area contributed by atoms with Gasteiger partial charge in [0.05, 0.1) is 24.5 Å². The Morgan fingerprint density at radius 3 is 2.93 bits per heavy atom. The van der Waals surface area contributed by atoms with Gasteiger partial charge in [-0.25, -0.2) is 4.98 Å². The van der Waals surface area contributed by atoms with Gasteiger partial charge in [-0.2, -0.15) is 0 Å². The Bertz CT molecular complexity index is 437. The summed E-state index contributed by atoms with van der Waals surface area (Å²) in [5.74, 6) is 0.829. The van der Waals surface area contributed by atoms with Gasteiger partial charge in [-0.3, -0.25) is 0 Å². The fraction of sp³-hybridized carbons (Fsp3) is 0.300. The highest BCUT2D eigenvalue weighted by Gasteiger charge is 2.02. The molecule has 74 valence electrons. The Balaban J connectivity index is 2.52. The molecular weight excluding hydrogens is 180 g/mol. The number of benzene rings is 1. The molecule has 14 heavy (non-hydrogen) atoms. The van der Waals surface area contributed by atoms with Crippen molar-refractivity contribution in [2.24, 2.45) is 0 Å². The van der Waals surface area contributed by atoms with E-state index in [0.717, 1.165) is 16.8 Å². The molecule has 4 heteroatoms. The Labute approximate surface area is 82.1 Å². The van der Waals surface area contributed by atoms with Gasteiger partial charge in [-0.1, -0.05) is 0 Å². The molecule has 2 aromatic rings. The predicted octanol–water partition coefficient (Wildman–Crippen LogP) is 1.65. The van der Waals surface area contributed by atoms with Crippen LogP contribution in [0.5, 0.6) is 5.75 Å². The van der Waals surface area contributed by atoms with Crippen molar-refractivity contribution < 1.29 is 9.47 Å². The number of methoxy groups -OCH3 is 2. The molecule has 0 atom stereocenters. The van der Waals surface area contributed by atoms with Crippen molar-refractivity contribution in [3.63, 3.8) is 0 Å². The summed E-state index contributed by atoms with van der Waals surface area (Å²) in [6.45, 7) is 0.504. The third-order valence-electron chi connectivity index (χ3n) is 2.10. The van der Waals surface area contributed by atoms with Crippen LogP contribution >= 0.6 is 0 Å². The molecule has 0 saturated carbocycles. The van der Waals surface area contributed by atoms with E-state index in [-0.39, 0.29) is 0 Å². The number of hydrogen-bond acceptors (Lipinski definition) is 3. The number of nitrogens with zero attached hydrogens (tertiary/aromatic N) is 2. The highest BCUT2D eigenvalue weighted by atomic mass is 16.5. The van der Waals surface area contributed by atoms with E-state index in [1.54, 1.807) is 20.5 Å². The topological polar surface area (TPSA) is 36.3 Å². The fourth-order valence-corrected chi connectivity index (χ4v) is 1.41. The molecule has 0 aliphatic carbocycles. The van der Waals surface area contributed by atoms with Gasteiger partial charge in [0, 0.05) is 13.2 Å². The molecule has 1 heterocycles. The lowest BCUT2D eigenvalue weighted by Crippen LogP contribution is -1.97. The van der Waals surface area contributed by atoms with Gasteiger partial charge in [0.15, 0.2) is 0 Å². The first kappa shape index (κ1) is 9.02. The second-order valence-corrected chi connectivity index (χ2v) is 2.99. The van der Waals surface area contributed by atoms with Gasteiger partial charge >= 0.3 is 0 Å². The highest BCUT2D eigenvalue weighted by molar-refractivity contribution is 5.76. The lowest BCUT2D eigenvalue weighted by Gasteiger charge is -2.03. The molecule has 0 amide bonds. The first-order chi connectivity index (χ1) is 6.85. The van der Waals surface area contributed by atoms with Crippen LogP contribution < -0.4 is 4.74 Å². The van der Waals surface area contributed by atoms with E-state index < -0.39 is 0 Å². The fourth-order valence-electron chi connectivity index (χ4n) is 1.41. The first-order valence-electron chi connectivity index (χ1n) is 4.33. The minimum atomic E-state index is 0.504. The first-order valence-corrected chi connectivity index (χ1v) is 4.33. The van der Waals surface area contributed by atoms with Crippen molar-refractivity contribution in [3.05, 3.63) is 24.5 Å². The number of ether oxygens (including phenoxy) is 2. The van der Waals surface area contributed by atoms with Gasteiger partial charge in [0.2, 0.25) is 0 Å². The van der Waals surface area contributed by atoms with E-state index in [1.165, 1.54) is 0 Å². The Morgan fingerprint density at radius 2 is 2.21 bits per heavy atom. The molecule has 0 fully saturated rings. The summed E-state index contributed by atoms with van der Waals surface area (Å²) in [5.41, 5.74) is 1.97. The molecule has 1 aromatic carbocycles. The van der Waals surface area contributed by atoms with E-state index >= 15 is 0 Å². The molecule has 0 N–H and O–H groups in total. The highest BCUT2D eigenvalue weighted by Crippen LogP contribution is 2.19. The molecule has 4 nitrogen and oxygen atoms in total. The summed E-state index contributed by atoms with van der Waals surface area (Å²) in [4.78, 5) is 4.24. The summed E-state index contributed by atoms with van der Waals surface area (Å²) in [7, 11) is 3.31. The van der Waals surface area contributed by atoms with Crippen molar-refractivity contribution >= 4 is 11.0 Å². The maximum absolute atomic E-state index is 5.14. The molecule has 0 aliphatic rings. The summed E-state index contributed by atoms with van der Waals surface area (Å²) >= 11 is 0. The smallest absolute Gasteiger partial charge is 0.123 e. The van der Waals surface area contributed by atoms with Crippen molar-refractivity contribution in [1.29, 1.82) is 0 Å². The second kappa shape index (κ2) is 3.67. The maximum Gasteiger partial charge on any atom is 0.123 e. The van der Waals surface area contributed by atoms with Crippen LogP contribution in [-0.4, -0.2) is 23.8 Å². The van der Waals surface area contributed by atoms with E-state index in [4.69, 9.17) is 9.47 Å².